The first kappa shape index (κ1) is 11.8. The fourth-order valence-electron chi connectivity index (χ4n) is 4.46. The number of fused-ring (bicyclic) bond motifs is 1. The number of hydrogen-bond donors (Lipinski definition) is 0. The zero-order chi connectivity index (χ0) is 12.0. The largest absolute Gasteiger partial charge is 0.411 e. The minimum absolute atomic E-state index is 0.128. The Morgan fingerprint density at radius 3 is 1.88 bits per heavy atom. The minimum atomic E-state index is -4.18. The van der Waals surface area contributed by atoms with E-state index in [1.807, 2.05) is 0 Å². The van der Waals surface area contributed by atoms with Crippen LogP contribution in [0.4, 0.5) is 13.2 Å². The number of alkyl halides is 3. The van der Waals surface area contributed by atoms with Gasteiger partial charge in [0.05, 0.1) is 6.10 Å². The van der Waals surface area contributed by atoms with Crippen molar-refractivity contribution in [1.82, 2.24) is 0 Å². The van der Waals surface area contributed by atoms with Crippen molar-refractivity contribution in [2.45, 2.75) is 50.8 Å². The summed E-state index contributed by atoms with van der Waals surface area (Å²) in [6.45, 7) is -1.06. The van der Waals surface area contributed by atoms with E-state index in [0.29, 0.717) is 11.8 Å². The summed E-state index contributed by atoms with van der Waals surface area (Å²) in [5.41, 5.74) is 0. The fourth-order valence-corrected chi connectivity index (χ4v) is 4.46. The molecule has 98 valence electrons. The summed E-state index contributed by atoms with van der Waals surface area (Å²) in [5, 5.41) is 0. The Kier molecular flexibility index (Phi) is 2.88. The lowest BCUT2D eigenvalue weighted by atomic mass is 9.68. The summed E-state index contributed by atoms with van der Waals surface area (Å²) < 4.78 is 41.8. The standard InChI is InChI=1S/C13H19F3O/c14-13(15,16)7-17-12-6-10-2-8-1-9(3-10)5-11(12)4-8/h8-12H,1-7H2/t8-,9+,10?,11?,12-/m1/s1/i12+1. The lowest BCUT2D eigenvalue weighted by Gasteiger charge is -2.38. The molecule has 4 rings (SSSR count). The van der Waals surface area contributed by atoms with Crippen molar-refractivity contribution in [3.05, 3.63) is 0 Å². The average molecular weight is 249 g/mol. The highest BCUT2D eigenvalue weighted by Gasteiger charge is 2.44. The van der Waals surface area contributed by atoms with E-state index in [-0.39, 0.29) is 6.10 Å². The second kappa shape index (κ2) is 4.15. The molecule has 0 N–H and O–H groups in total. The van der Waals surface area contributed by atoms with Gasteiger partial charge in [0, 0.05) is 0 Å². The molecule has 5 atom stereocenters. The zero-order valence-electron chi connectivity index (χ0n) is 9.88. The van der Waals surface area contributed by atoms with Gasteiger partial charge in [0.1, 0.15) is 6.61 Å². The Labute approximate surface area is 99.7 Å². The highest BCUT2D eigenvalue weighted by Crippen LogP contribution is 2.51. The molecule has 0 amide bonds. The van der Waals surface area contributed by atoms with Gasteiger partial charge >= 0.3 is 6.18 Å². The third kappa shape index (κ3) is 2.61. The monoisotopic (exact) mass is 249 g/mol. The van der Waals surface area contributed by atoms with Crippen molar-refractivity contribution in [3.63, 3.8) is 0 Å². The third-order valence-electron chi connectivity index (χ3n) is 4.82. The van der Waals surface area contributed by atoms with Crippen LogP contribution in [0.3, 0.4) is 0 Å². The first-order valence-electron chi connectivity index (χ1n) is 6.68. The molecule has 0 aromatic carbocycles. The first-order valence-corrected chi connectivity index (χ1v) is 6.68. The van der Waals surface area contributed by atoms with E-state index < -0.39 is 12.8 Å². The Bertz CT molecular complexity index is 275. The van der Waals surface area contributed by atoms with E-state index >= 15 is 0 Å². The van der Waals surface area contributed by atoms with E-state index in [1.165, 1.54) is 19.3 Å². The Morgan fingerprint density at radius 2 is 1.35 bits per heavy atom. The van der Waals surface area contributed by atoms with Crippen LogP contribution in [-0.2, 0) is 4.74 Å². The van der Waals surface area contributed by atoms with Crippen LogP contribution >= 0.6 is 0 Å². The molecular formula is C13H19F3O. The predicted molar refractivity (Wildman–Crippen MR) is 57.5 cm³/mol. The van der Waals surface area contributed by atoms with Crippen LogP contribution in [0.2, 0.25) is 0 Å². The molecule has 1 nitrogen and oxygen atoms in total. The lowest BCUT2D eigenvalue weighted by molar-refractivity contribution is -0.192. The molecule has 4 bridgehead atoms. The van der Waals surface area contributed by atoms with Crippen LogP contribution in [0.15, 0.2) is 0 Å². The van der Waals surface area contributed by atoms with Crippen molar-refractivity contribution in [2.24, 2.45) is 23.7 Å². The molecular weight excluding hydrogens is 230 g/mol. The van der Waals surface area contributed by atoms with Gasteiger partial charge in [0.15, 0.2) is 0 Å². The van der Waals surface area contributed by atoms with E-state index in [2.05, 4.69) is 0 Å². The van der Waals surface area contributed by atoms with Gasteiger partial charge < -0.3 is 4.74 Å². The molecule has 0 aromatic heterocycles. The summed E-state index contributed by atoms with van der Waals surface area (Å²) >= 11 is 0. The molecule has 0 aliphatic heterocycles. The zero-order valence-corrected chi connectivity index (χ0v) is 9.88. The van der Waals surface area contributed by atoms with Crippen molar-refractivity contribution in [2.75, 3.05) is 6.61 Å². The normalized spacial score (nSPS) is 45.0. The topological polar surface area (TPSA) is 9.23 Å². The summed E-state index contributed by atoms with van der Waals surface area (Å²) in [6, 6.07) is 0. The Morgan fingerprint density at radius 1 is 0.824 bits per heavy atom. The highest BCUT2D eigenvalue weighted by atomic mass is 19.4. The maximum atomic E-state index is 12.2. The number of ether oxygens (including phenoxy) is 1. The predicted octanol–water partition coefficient (Wildman–Crippen LogP) is 3.78. The van der Waals surface area contributed by atoms with E-state index in [4.69, 9.17) is 4.74 Å². The van der Waals surface area contributed by atoms with E-state index in [1.54, 1.807) is 0 Å². The summed E-state index contributed by atoms with van der Waals surface area (Å²) in [5.74, 6) is 2.58. The lowest BCUT2D eigenvalue weighted by Crippen LogP contribution is -2.32. The maximum absolute atomic E-state index is 12.2. The van der Waals surface area contributed by atoms with Gasteiger partial charge in [-0.1, -0.05) is 0 Å². The minimum Gasteiger partial charge on any atom is -0.369 e. The molecule has 2 unspecified atom stereocenters. The van der Waals surface area contributed by atoms with Gasteiger partial charge in [0.2, 0.25) is 0 Å². The van der Waals surface area contributed by atoms with E-state index in [0.717, 1.165) is 31.1 Å². The molecule has 0 spiro atoms. The molecule has 0 heterocycles. The van der Waals surface area contributed by atoms with Crippen molar-refractivity contribution in [3.8, 4) is 0 Å². The molecule has 4 fully saturated rings. The van der Waals surface area contributed by atoms with Gasteiger partial charge in [0.25, 0.3) is 0 Å². The quantitative estimate of drug-likeness (QED) is 0.677. The summed E-state index contributed by atoms with van der Waals surface area (Å²) in [4.78, 5) is 0. The van der Waals surface area contributed by atoms with Gasteiger partial charge in [-0.2, -0.15) is 13.2 Å². The highest BCUT2D eigenvalue weighted by molar-refractivity contribution is 4.94. The van der Waals surface area contributed by atoms with Gasteiger partial charge in [-0.3, -0.25) is 0 Å². The maximum Gasteiger partial charge on any atom is 0.411 e. The number of halogens is 3. The Hall–Kier alpha value is -0.250. The molecule has 4 aliphatic carbocycles. The van der Waals surface area contributed by atoms with Gasteiger partial charge in [-0.05, 0) is 62.2 Å². The smallest absolute Gasteiger partial charge is 0.369 e. The van der Waals surface area contributed by atoms with Crippen molar-refractivity contribution < 1.29 is 17.9 Å². The second-order valence-corrected chi connectivity index (χ2v) is 6.24. The average Bonchev–Trinajstić information content (AvgIpc) is 2.39. The van der Waals surface area contributed by atoms with Crippen molar-refractivity contribution >= 4 is 0 Å². The van der Waals surface area contributed by atoms with Crippen LogP contribution in [0.5, 0.6) is 0 Å². The van der Waals surface area contributed by atoms with Crippen LogP contribution in [-0.4, -0.2) is 18.9 Å². The Balaban J connectivity index is 1.66. The number of rotatable bonds is 2. The van der Waals surface area contributed by atoms with Crippen molar-refractivity contribution in [1.29, 1.82) is 0 Å². The molecule has 4 saturated carbocycles. The second-order valence-electron chi connectivity index (χ2n) is 6.24. The summed E-state index contributed by atoms with van der Waals surface area (Å²) in [6.07, 6.45) is 2.57. The van der Waals surface area contributed by atoms with Crippen LogP contribution in [0.1, 0.15) is 38.5 Å². The van der Waals surface area contributed by atoms with Crippen LogP contribution in [0.25, 0.3) is 0 Å². The molecule has 0 radical (unpaired) electrons. The molecule has 0 aromatic rings. The molecule has 17 heavy (non-hydrogen) atoms. The molecule has 4 heteroatoms. The number of hydrogen-bond acceptors (Lipinski definition) is 1. The van der Waals surface area contributed by atoms with Crippen LogP contribution < -0.4 is 0 Å². The van der Waals surface area contributed by atoms with E-state index in [9.17, 15) is 13.2 Å². The third-order valence-corrected chi connectivity index (χ3v) is 4.82. The SMILES string of the molecule is FC(F)(F)CO[13C@@H]1CC2C[C@@H]3CC1C[C@H](C2)C3. The van der Waals surface area contributed by atoms with Crippen LogP contribution in [0, 0.1) is 23.7 Å². The summed E-state index contributed by atoms with van der Waals surface area (Å²) in [7, 11) is 0. The fraction of sp³-hybridized carbons (Fsp3) is 1.00. The van der Waals surface area contributed by atoms with Gasteiger partial charge in [-0.25, -0.2) is 0 Å². The van der Waals surface area contributed by atoms with Gasteiger partial charge in [-0.15, -0.1) is 0 Å². The molecule has 0 saturated heterocycles. The molecule has 4 aliphatic rings. The first-order chi connectivity index (χ1) is 7.99.